The van der Waals surface area contributed by atoms with Gasteiger partial charge < -0.3 is 0 Å². The highest BCUT2D eigenvalue weighted by molar-refractivity contribution is 8.00. The third-order valence-corrected chi connectivity index (χ3v) is 5.15. The van der Waals surface area contributed by atoms with Gasteiger partial charge >= 0.3 is 0 Å². The van der Waals surface area contributed by atoms with Crippen molar-refractivity contribution in [2.24, 2.45) is 0 Å². The SMILES string of the molecule is CCC(C)Sc1cccc(SC(C)CC)c1. The van der Waals surface area contributed by atoms with Crippen LogP contribution in [-0.2, 0) is 0 Å². The zero-order valence-electron chi connectivity index (χ0n) is 10.7. The molecule has 2 atom stereocenters. The summed E-state index contributed by atoms with van der Waals surface area (Å²) in [6, 6.07) is 8.94. The van der Waals surface area contributed by atoms with Crippen LogP contribution < -0.4 is 0 Å². The topological polar surface area (TPSA) is 0 Å². The minimum absolute atomic E-state index is 0.712. The average molecular weight is 254 g/mol. The van der Waals surface area contributed by atoms with Crippen molar-refractivity contribution in [1.82, 2.24) is 0 Å². The van der Waals surface area contributed by atoms with Crippen LogP contribution in [0.3, 0.4) is 0 Å². The van der Waals surface area contributed by atoms with Gasteiger partial charge in [0.2, 0.25) is 0 Å². The summed E-state index contributed by atoms with van der Waals surface area (Å²) in [4.78, 5) is 2.81. The molecular weight excluding hydrogens is 232 g/mol. The highest BCUT2D eigenvalue weighted by atomic mass is 32.2. The highest BCUT2D eigenvalue weighted by Crippen LogP contribution is 2.31. The Bertz CT molecular complexity index is 282. The van der Waals surface area contributed by atoms with E-state index in [1.807, 2.05) is 23.5 Å². The summed E-state index contributed by atoms with van der Waals surface area (Å²) < 4.78 is 0. The fraction of sp³-hybridized carbons (Fsp3) is 0.571. The molecule has 2 heteroatoms. The predicted molar refractivity (Wildman–Crippen MR) is 77.7 cm³/mol. The molecule has 0 aromatic heterocycles. The van der Waals surface area contributed by atoms with Crippen LogP contribution in [0.1, 0.15) is 40.5 Å². The fourth-order valence-corrected chi connectivity index (χ4v) is 3.29. The lowest BCUT2D eigenvalue weighted by Gasteiger charge is -2.11. The molecule has 0 saturated heterocycles. The second-order valence-electron chi connectivity index (χ2n) is 4.15. The molecule has 0 N–H and O–H groups in total. The van der Waals surface area contributed by atoms with Crippen LogP contribution in [0.4, 0.5) is 0 Å². The van der Waals surface area contributed by atoms with Crippen LogP contribution >= 0.6 is 23.5 Å². The van der Waals surface area contributed by atoms with Gasteiger partial charge in [0.25, 0.3) is 0 Å². The van der Waals surface area contributed by atoms with Crippen LogP contribution in [0.25, 0.3) is 0 Å². The molecule has 0 amide bonds. The number of thioether (sulfide) groups is 2. The molecule has 0 heterocycles. The smallest absolute Gasteiger partial charge is 0.00858 e. The molecule has 0 spiro atoms. The average Bonchev–Trinajstić information content (AvgIpc) is 2.29. The highest BCUT2D eigenvalue weighted by Gasteiger charge is 2.05. The Morgan fingerprint density at radius 3 is 1.75 bits per heavy atom. The minimum atomic E-state index is 0.712. The molecule has 2 unspecified atom stereocenters. The molecule has 1 rings (SSSR count). The fourth-order valence-electron chi connectivity index (χ4n) is 1.25. The molecule has 0 aliphatic rings. The van der Waals surface area contributed by atoms with E-state index in [4.69, 9.17) is 0 Å². The standard InChI is InChI=1S/C14H22S2/c1-5-11(3)15-13-8-7-9-14(10-13)16-12(4)6-2/h7-12H,5-6H2,1-4H3. The van der Waals surface area contributed by atoms with Crippen molar-refractivity contribution >= 4 is 23.5 Å². The first-order valence-corrected chi connectivity index (χ1v) is 7.85. The Balaban J connectivity index is 2.63. The Morgan fingerprint density at radius 2 is 1.38 bits per heavy atom. The molecule has 0 radical (unpaired) electrons. The predicted octanol–water partition coefficient (Wildman–Crippen LogP) is 5.47. The van der Waals surface area contributed by atoms with Crippen molar-refractivity contribution in [2.75, 3.05) is 0 Å². The van der Waals surface area contributed by atoms with Gasteiger partial charge in [-0.1, -0.05) is 33.8 Å². The molecule has 1 aromatic rings. The van der Waals surface area contributed by atoms with Crippen molar-refractivity contribution < 1.29 is 0 Å². The Morgan fingerprint density at radius 1 is 0.938 bits per heavy atom. The van der Waals surface area contributed by atoms with Crippen LogP contribution in [0.2, 0.25) is 0 Å². The molecule has 0 bridgehead atoms. The van der Waals surface area contributed by atoms with E-state index in [9.17, 15) is 0 Å². The molecule has 0 fully saturated rings. The van der Waals surface area contributed by atoms with E-state index in [0.717, 1.165) is 0 Å². The maximum absolute atomic E-state index is 2.33. The van der Waals surface area contributed by atoms with Gasteiger partial charge in [0.15, 0.2) is 0 Å². The summed E-state index contributed by atoms with van der Waals surface area (Å²) in [6.07, 6.45) is 2.46. The summed E-state index contributed by atoms with van der Waals surface area (Å²) in [6.45, 7) is 9.07. The van der Waals surface area contributed by atoms with Crippen LogP contribution in [0.5, 0.6) is 0 Å². The molecular formula is C14H22S2. The summed E-state index contributed by atoms with van der Waals surface area (Å²) >= 11 is 3.96. The van der Waals surface area contributed by atoms with E-state index in [2.05, 4.69) is 52.0 Å². The van der Waals surface area contributed by atoms with Gasteiger partial charge in [-0.15, -0.1) is 23.5 Å². The zero-order chi connectivity index (χ0) is 12.0. The van der Waals surface area contributed by atoms with E-state index in [1.54, 1.807) is 0 Å². The summed E-state index contributed by atoms with van der Waals surface area (Å²) in [5.74, 6) is 0. The molecule has 0 aliphatic heterocycles. The van der Waals surface area contributed by atoms with Gasteiger partial charge in [-0.25, -0.2) is 0 Å². The normalized spacial score (nSPS) is 14.8. The van der Waals surface area contributed by atoms with Crippen molar-refractivity contribution in [3.05, 3.63) is 24.3 Å². The van der Waals surface area contributed by atoms with Gasteiger partial charge in [0.1, 0.15) is 0 Å². The molecule has 1 aromatic carbocycles. The summed E-state index contributed by atoms with van der Waals surface area (Å²) in [7, 11) is 0. The number of benzene rings is 1. The monoisotopic (exact) mass is 254 g/mol. The molecule has 16 heavy (non-hydrogen) atoms. The van der Waals surface area contributed by atoms with E-state index in [1.165, 1.54) is 22.6 Å². The van der Waals surface area contributed by atoms with Crippen LogP contribution in [0, 0.1) is 0 Å². The lowest BCUT2D eigenvalue weighted by Crippen LogP contribution is -1.93. The Labute approximate surface area is 109 Å². The van der Waals surface area contributed by atoms with E-state index < -0.39 is 0 Å². The quantitative estimate of drug-likeness (QED) is 0.618. The largest absolute Gasteiger partial charge is 0.123 e. The lowest BCUT2D eigenvalue weighted by molar-refractivity contribution is 0.903. The van der Waals surface area contributed by atoms with Crippen molar-refractivity contribution in [3.8, 4) is 0 Å². The Hall–Kier alpha value is -0.0800. The van der Waals surface area contributed by atoms with Crippen molar-refractivity contribution in [1.29, 1.82) is 0 Å². The summed E-state index contributed by atoms with van der Waals surface area (Å²) in [5.41, 5.74) is 0. The zero-order valence-corrected chi connectivity index (χ0v) is 12.3. The van der Waals surface area contributed by atoms with E-state index in [0.29, 0.717) is 10.5 Å². The van der Waals surface area contributed by atoms with Crippen molar-refractivity contribution in [2.45, 2.75) is 60.8 Å². The van der Waals surface area contributed by atoms with Gasteiger partial charge in [-0.3, -0.25) is 0 Å². The third kappa shape index (κ3) is 4.84. The number of hydrogen-bond acceptors (Lipinski definition) is 2. The van der Waals surface area contributed by atoms with E-state index >= 15 is 0 Å². The first kappa shape index (κ1) is 14.0. The van der Waals surface area contributed by atoms with Crippen LogP contribution in [0.15, 0.2) is 34.1 Å². The van der Waals surface area contributed by atoms with Crippen LogP contribution in [-0.4, -0.2) is 10.5 Å². The first-order valence-electron chi connectivity index (χ1n) is 6.09. The van der Waals surface area contributed by atoms with Gasteiger partial charge in [0, 0.05) is 20.3 Å². The minimum Gasteiger partial charge on any atom is -0.123 e. The van der Waals surface area contributed by atoms with Gasteiger partial charge in [-0.05, 0) is 31.0 Å². The summed E-state index contributed by atoms with van der Waals surface area (Å²) in [5, 5.41) is 1.42. The molecule has 0 nitrogen and oxygen atoms in total. The third-order valence-electron chi connectivity index (χ3n) is 2.63. The second kappa shape index (κ2) is 7.29. The van der Waals surface area contributed by atoms with Gasteiger partial charge in [-0.2, -0.15) is 0 Å². The molecule has 0 saturated carbocycles. The Kier molecular flexibility index (Phi) is 6.37. The second-order valence-corrected chi connectivity index (χ2v) is 7.17. The number of hydrogen-bond donors (Lipinski definition) is 0. The molecule has 90 valence electrons. The lowest BCUT2D eigenvalue weighted by atomic mass is 10.4. The molecule has 0 aliphatic carbocycles. The maximum atomic E-state index is 2.33. The van der Waals surface area contributed by atoms with Gasteiger partial charge in [0.05, 0.1) is 0 Å². The maximum Gasteiger partial charge on any atom is 0.00858 e. The number of rotatable bonds is 6. The van der Waals surface area contributed by atoms with E-state index in [-0.39, 0.29) is 0 Å². The van der Waals surface area contributed by atoms with Crippen molar-refractivity contribution in [3.63, 3.8) is 0 Å². The first-order chi connectivity index (χ1) is 7.65.